The first-order valence-corrected chi connectivity index (χ1v) is 6.61. The molecule has 0 aliphatic rings. The maximum Gasteiger partial charge on any atom is 0.519 e. The smallest absolute Gasteiger partial charge is 0.395 e. The fraction of sp³-hybridized carbons (Fsp3) is 0.0625. The van der Waals surface area contributed by atoms with Crippen LogP contribution >= 0.6 is 0 Å². The number of hydrogen-bond donors (Lipinski definition) is 2. The third-order valence-electron chi connectivity index (χ3n) is 2.88. The van der Waals surface area contributed by atoms with Crippen molar-refractivity contribution in [2.45, 2.75) is 0 Å². The highest BCUT2D eigenvalue weighted by Gasteiger charge is 2.10. The zero-order valence-electron chi connectivity index (χ0n) is 12.2. The van der Waals surface area contributed by atoms with Crippen molar-refractivity contribution >= 4 is 18.0 Å². The molecule has 0 radical (unpaired) electrons. The molecule has 0 heterocycles. The highest BCUT2D eigenvalue weighted by atomic mass is 16.7. The van der Waals surface area contributed by atoms with E-state index in [9.17, 15) is 14.4 Å². The van der Waals surface area contributed by atoms with Gasteiger partial charge in [0.15, 0.2) is 0 Å². The second-order valence-electron chi connectivity index (χ2n) is 4.45. The van der Waals surface area contributed by atoms with Crippen molar-refractivity contribution in [2.75, 3.05) is 7.05 Å². The zero-order chi connectivity index (χ0) is 16.8. The summed E-state index contributed by atoms with van der Waals surface area (Å²) in [4.78, 5) is 34.0. The van der Waals surface area contributed by atoms with Crippen molar-refractivity contribution in [2.24, 2.45) is 5.73 Å². The van der Waals surface area contributed by atoms with Crippen molar-refractivity contribution in [3.8, 4) is 11.5 Å². The first-order chi connectivity index (χ1) is 11.0. The van der Waals surface area contributed by atoms with Crippen LogP contribution in [0.3, 0.4) is 0 Å². The second-order valence-corrected chi connectivity index (χ2v) is 4.45. The number of benzene rings is 2. The lowest BCUT2D eigenvalue weighted by atomic mass is 10.2. The maximum absolute atomic E-state index is 11.7. The van der Waals surface area contributed by atoms with E-state index in [0.717, 1.165) is 0 Å². The molecule has 3 N–H and O–H groups in total. The molecule has 2 aromatic rings. The summed E-state index contributed by atoms with van der Waals surface area (Å²) in [7, 11) is 1.52. The Kier molecular flexibility index (Phi) is 4.93. The molecule has 2 amide bonds. The van der Waals surface area contributed by atoms with Gasteiger partial charge in [0.05, 0.1) is 0 Å². The van der Waals surface area contributed by atoms with Crippen LogP contribution in [0.2, 0.25) is 0 Å². The highest BCUT2D eigenvalue weighted by Crippen LogP contribution is 2.16. The Bertz CT molecular complexity index is 723. The number of primary amides is 1. The fourth-order valence-corrected chi connectivity index (χ4v) is 1.72. The van der Waals surface area contributed by atoms with Crippen LogP contribution in [0.4, 0.5) is 4.79 Å². The van der Waals surface area contributed by atoms with Gasteiger partial charge < -0.3 is 20.5 Å². The minimum atomic E-state index is -0.940. The van der Waals surface area contributed by atoms with E-state index in [2.05, 4.69) is 5.32 Å². The number of amides is 2. The van der Waals surface area contributed by atoms with Crippen LogP contribution in [0.25, 0.3) is 0 Å². The van der Waals surface area contributed by atoms with E-state index in [0.29, 0.717) is 11.1 Å². The van der Waals surface area contributed by atoms with Crippen molar-refractivity contribution in [1.82, 2.24) is 5.32 Å². The van der Waals surface area contributed by atoms with Crippen LogP contribution in [0.1, 0.15) is 20.7 Å². The minimum absolute atomic E-state index is 0.210. The van der Waals surface area contributed by atoms with Gasteiger partial charge >= 0.3 is 6.16 Å². The van der Waals surface area contributed by atoms with Gasteiger partial charge in [-0.05, 0) is 48.5 Å². The summed E-state index contributed by atoms with van der Waals surface area (Å²) in [6, 6.07) is 11.7. The molecule has 2 rings (SSSR count). The minimum Gasteiger partial charge on any atom is -0.395 e. The number of carbonyl (C=O) groups excluding carboxylic acids is 3. The lowest BCUT2D eigenvalue weighted by Crippen LogP contribution is -2.18. The normalized spacial score (nSPS) is 9.78. The molecule has 7 heteroatoms. The van der Waals surface area contributed by atoms with E-state index < -0.39 is 12.1 Å². The first-order valence-electron chi connectivity index (χ1n) is 6.61. The first kappa shape index (κ1) is 16.0. The summed E-state index contributed by atoms with van der Waals surface area (Å²) in [6.45, 7) is 0. The van der Waals surface area contributed by atoms with Gasteiger partial charge in [-0.3, -0.25) is 9.59 Å². The van der Waals surface area contributed by atoms with Crippen molar-refractivity contribution in [3.05, 3.63) is 59.7 Å². The van der Waals surface area contributed by atoms with Crippen LogP contribution in [0.15, 0.2) is 48.5 Å². The molecule has 2 aromatic carbocycles. The van der Waals surface area contributed by atoms with Gasteiger partial charge in [0.25, 0.3) is 5.91 Å². The van der Waals surface area contributed by atoms with Crippen molar-refractivity contribution in [3.63, 3.8) is 0 Å². The fourth-order valence-electron chi connectivity index (χ4n) is 1.72. The molecule has 0 spiro atoms. The Labute approximate surface area is 132 Å². The third kappa shape index (κ3) is 4.31. The number of nitrogens with two attached hydrogens (primary N) is 1. The topological polar surface area (TPSA) is 108 Å². The van der Waals surface area contributed by atoms with Crippen LogP contribution in [-0.4, -0.2) is 25.0 Å². The highest BCUT2D eigenvalue weighted by molar-refractivity contribution is 5.94. The van der Waals surface area contributed by atoms with Gasteiger partial charge in [-0.25, -0.2) is 4.79 Å². The Morgan fingerprint density at radius 1 is 0.826 bits per heavy atom. The van der Waals surface area contributed by atoms with Gasteiger partial charge in [0, 0.05) is 18.2 Å². The molecule has 0 saturated carbocycles. The predicted octanol–water partition coefficient (Wildman–Crippen LogP) is 1.72. The van der Waals surface area contributed by atoms with E-state index in [1.165, 1.54) is 55.6 Å². The predicted molar refractivity (Wildman–Crippen MR) is 81.4 cm³/mol. The molecule has 0 aliphatic heterocycles. The number of rotatable bonds is 4. The van der Waals surface area contributed by atoms with Gasteiger partial charge in [0.2, 0.25) is 5.91 Å². The van der Waals surface area contributed by atoms with E-state index in [-0.39, 0.29) is 17.4 Å². The van der Waals surface area contributed by atoms with E-state index in [4.69, 9.17) is 15.2 Å². The summed E-state index contributed by atoms with van der Waals surface area (Å²) < 4.78 is 9.94. The molecule has 0 unspecified atom stereocenters. The molecule has 23 heavy (non-hydrogen) atoms. The lowest BCUT2D eigenvalue weighted by molar-refractivity contribution is 0.0961. The largest absolute Gasteiger partial charge is 0.519 e. The average molecular weight is 314 g/mol. The number of carbonyl (C=O) groups is 3. The molecule has 118 valence electrons. The molecule has 0 bridgehead atoms. The summed E-state index contributed by atoms with van der Waals surface area (Å²) in [5.41, 5.74) is 5.85. The standard InChI is InChI=1S/C16H14N2O5/c1-18-15(20)11-4-8-13(9-5-11)23-16(21)22-12-6-2-10(3-7-12)14(17)19/h2-9H,1H3,(H2,17,19)(H,18,20). The van der Waals surface area contributed by atoms with E-state index in [1.54, 1.807) is 0 Å². The Morgan fingerprint density at radius 3 is 1.65 bits per heavy atom. The lowest BCUT2D eigenvalue weighted by Gasteiger charge is -2.06. The van der Waals surface area contributed by atoms with Gasteiger partial charge in [0.1, 0.15) is 11.5 Å². The second kappa shape index (κ2) is 7.08. The molecular formula is C16H14N2O5. The molecule has 0 aromatic heterocycles. The number of ether oxygens (including phenoxy) is 2. The summed E-state index contributed by atoms with van der Waals surface area (Å²) in [5.74, 6) is -0.373. The summed E-state index contributed by atoms with van der Waals surface area (Å²) in [5, 5.41) is 2.48. The average Bonchev–Trinajstić information content (AvgIpc) is 2.55. The molecular weight excluding hydrogens is 300 g/mol. The van der Waals surface area contributed by atoms with Crippen LogP contribution in [-0.2, 0) is 0 Å². The Hall–Kier alpha value is -3.35. The van der Waals surface area contributed by atoms with Gasteiger partial charge in [-0.2, -0.15) is 0 Å². The van der Waals surface area contributed by atoms with Crippen LogP contribution < -0.4 is 20.5 Å². The van der Waals surface area contributed by atoms with Crippen molar-refractivity contribution in [1.29, 1.82) is 0 Å². The molecule has 0 fully saturated rings. The van der Waals surface area contributed by atoms with Gasteiger partial charge in [-0.1, -0.05) is 0 Å². The molecule has 0 atom stereocenters. The summed E-state index contributed by atoms with van der Waals surface area (Å²) >= 11 is 0. The van der Waals surface area contributed by atoms with E-state index in [1.807, 2.05) is 0 Å². The molecule has 0 aliphatic carbocycles. The Balaban J connectivity index is 1.96. The van der Waals surface area contributed by atoms with E-state index >= 15 is 0 Å². The molecule has 0 saturated heterocycles. The van der Waals surface area contributed by atoms with Crippen LogP contribution in [0, 0.1) is 0 Å². The van der Waals surface area contributed by atoms with Gasteiger partial charge in [-0.15, -0.1) is 0 Å². The number of nitrogens with one attached hydrogen (secondary N) is 1. The third-order valence-corrected chi connectivity index (χ3v) is 2.88. The maximum atomic E-state index is 11.7. The zero-order valence-corrected chi connectivity index (χ0v) is 12.2. The molecule has 7 nitrogen and oxygen atoms in total. The van der Waals surface area contributed by atoms with Crippen molar-refractivity contribution < 1.29 is 23.9 Å². The summed E-state index contributed by atoms with van der Waals surface area (Å²) in [6.07, 6.45) is -0.940. The number of hydrogen-bond acceptors (Lipinski definition) is 5. The SMILES string of the molecule is CNC(=O)c1ccc(OC(=O)Oc2ccc(C(N)=O)cc2)cc1. The Morgan fingerprint density at radius 2 is 1.26 bits per heavy atom. The monoisotopic (exact) mass is 314 g/mol. The van der Waals surface area contributed by atoms with Crippen LogP contribution in [0.5, 0.6) is 11.5 Å². The quantitative estimate of drug-likeness (QED) is 0.660.